The van der Waals surface area contributed by atoms with Gasteiger partial charge in [0.1, 0.15) is 13.1 Å². The Morgan fingerprint density at radius 1 is 0.364 bits per heavy atom. The first-order chi connectivity index (χ1) is 15.1. The molecule has 0 saturated heterocycles. The molecule has 0 aromatic heterocycles. The molecule has 0 amide bonds. The molecule has 0 atom stereocenters. The molecule has 0 rings (SSSR count). The van der Waals surface area contributed by atoms with Crippen molar-refractivity contribution in [2.24, 2.45) is 0 Å². The topological polar surface area (TPSA) is 9.23 Å². The van der Waals surface area contributed by atoms with Crippen molar-refractivity contribution in [3.8, 4) is 0 Å². The molecule has 0 aromatic carbocycles. The van der Waals surface area contributed by atoms with Gasteiger partial charge in [-0.05, 0) is 38.5 Å². The number of unbranched alkanes of at least 4 members (excludes halogenated alkanes) is 6. The van der Waals surface area contributed by atoms with Gasteiger partial charge in [-0.1, -0.05) is 80.1 Å². The molecule has 0 aliphatic carbocycles. The normalized spacial score (nSPS) is 11.8. The summed E-state index contributed by atoms with van der Waals surface area (Å²) in [4.78, 5) is 0. The SMILES string of the molecule is CCCC[N+](CCCC)(CCCC)CCOCC[N+](CCCC)(CCCC)CCCC.[Br-].[Br-]. The molecular formula is C28H62Br2N2O. The quantitative estimate of drug-likeness (QED) is 0.120. The van der Waals surface area contributed by atoms with Crippen LogP contribution in [0.2, 0.25) is 0 Å². The number of ether oxygens (including phenoxy) is 1. The fourth-order valence-corrected chi connectivity index (χ4v) is 4.92. The molecule has 33 heavy (non-hydrogen) atoms. The Morgan fingerprint density at radius 2 is 0.576 bits per heavy atom. The molecule has 0 fully saturated rings. The Hall–Kier alpha value is 0.840. The Bertz CT molecular complexity index is 305. The van der Waals surface area contributed by atoms with Gasteiger partial charge in [0, 0.05) is 0 Å². The van der Waals surface area contributed by atoms with Crippen LogP contribution in [0.4, 0.5) is 0 Å². The maximum atomic E-state index is 6.39. The van der Waals surface area contributed by atoms with E-state index in [0.29, 0.717) is 0 Å². The lowest BCUT2D eigenvalue weighted by molar-refractivity contribution is -0.932. The van der Waals surface area contributed by atoms with Crippen LogP contribution in [0.1, 0.15) is 119 Å². The van der Waals surface area contributed by atoms with E-state index in [-0.39, 0.29) is 34.0 Å². The third-order valence-corrected chi connectivity index (χ3v) is 7.34. The number of quaternary nitrogens is 2. The number of rotatable bonds is 24. The van der Waals surface area contributed by atoms with Crippen LogP contribution in [0.3, 0.4) is 0 Å². The zero-order chi connectivity index (χ0) is 23.3. The molecular weight excluding hydrogens is 540 g/mol. The van der Waals surface area contributed by atoms with Gasteiger partial charge in [0.05, 0.1) is 52.5 Å². The van der Waals surface area contributed by atoms with E-state index in [2.05, 4.69) is 41.5 Å². The van der Waals surface area contributed by atoms with E-state index < -0.39 is 0 Å². The molecule has 0 spiro atoms. The second-order valence-corrected chi connectivity index (χ2v) is 10.2. The predicted octanol–water partition coefficient (Wildman–Crippen LogP) is 1.45. The van der Waals surface area contributed by atoms with Crippen molar-refractivity contribution in [1.82, 2.24) is 0 Å². The van der Waals surface area contributed by atoms with E-state index in [0.717, 1.165) is 13.2 Å². The van der Waals surface area contributed by atoms with Crippen LogP contribution < -0.4 is 34.0 Å². The number of nitrogens with zero attached hydrogens (tertiary/aromatic N) is 2. The lowest BCUT2D eigenvalue weighted by atomic mass is 10.1. The van der Waals surface area contributed by atoms with Gasteiger partial charge in [0.25, 0.3) is 0 Å². The van der Waals surface area contributed by atoms with E-state index in [1.807, 2.05) is 0 Å². The first kappa shape index (κ1) is 38.4. The average molecular weight is 603 g/mol. The van der Waals surface area contributed by atoms with E-state index in [1.165, 1.54) is 138 Å². The molecule has 0 unspecified atom stereocenters. The van der Waals surface area contributed by atoms with Gasteiger partial charge in [0.15, 0.2) is 0 Å². The molecule has 0 radical (unpaired) electrons. The van der Waals surface area contributed by atoms with E-state index in [4.69, 9.17) is 4.74 Å². The minimum atomic E-state index is 0. The molecule has 0 saturated carbocycles. The van der Waals surface area contributed by atoms with Crippen LogP contribution >= 0.6 is 0 Å². The van der Waals surface area contributed by atoms with Crippen molar-refractivity contribution in [2.75, 3.05) is 65.6 Å². The average Bonchev–Trinajstić information content (AvgIpc) is 2.80. The highest BCUT2D eigenvalue weighted by Crippen LogP contribution is 2.17. The van der Waals surface area contributed by atoms with Gasteiger partial charge >= 0.3 is 0 Å². The summed E-state index contributed by atoms with van der Waals surface area (Å²) in [5.74, 6) is 0. The Balaban J connectivity index is -0.00000450. The Morgan fingerprint density at radius 3 is 0.758 bits per heavy atom. The van der Waals surface area contributed by atoms with Crippen molar-refractivity contribution < 1.29 is 47.7 Å². The summed E-state index contributed by atoms with van der Waals surface area (Å²) in [6, 6.07) is 0. The van der Waals surface area contributed by atoms with Gasteiger partial charge in [-0.2, -0.15) is 0 Å². The smallest absolute Gasteiger partial charge is 0.102 e. The molecule has 0 N–H and O–H groups in total. The van der Waals surface area contributed by atoms with E-state index in [9.17, 15) is 0 Å². The Kier molecular flexibility index (Phi) is 30.1. The van der Waals surface area contributed by atoms with E-state index in [1.54, 1.807) is 0 Å². The molecule has 5 heteroatoms. The summed E-state index contributed by atoms with van der Waals surface area (Å²) in [5, 5.41) is 0. The summed E-state index contributed by atoms with van der Waals surface area (Å²) < 4.78 is 9.00. The highest BCUT2D eigenvalue weighted by atomic mass is 79.9. The first-order valence-corrected chi connectivity index (χ1v) is 14.3. The second kappa shape index (κ2) is 25.9. The van der Waals surface area contributed by atoms with Crippen molar-refractivity contribution in [2.45, 2.75) is 119 Å². The maximum Gasteiger partial charge on any atom is 0.102 e. The number of hydrogen-bond acceptors (Lipinski definition) is 1. The van der Waals surface area contributed by atoms with Crippen molar-refractivity contribution in [1.29, 1.82) is 0 Å². The molecule has 0 bridgehead atoms. The van der Waals surface area contributed by atoms with Crippen molar-refractivity contribution in [3.63, 3.8) is 0 Å². The van der Waals surface area contributed by atoms with Crippen LogP contribution in [-0.2, 0) is 4.74 Å². The van der Waals surface area contributed by atoms with Crippen LogP contribution in [0.25, 0.3) is 0 Å². The summed E-state index contributed by atoms with van der Waals surface area (Å²) in [5.41, 5.74) is 0. The highest BCUT2D eigenvalue weighted by molar-refractivity contribution is 4.51. The molecule has 0 aromatic rings. The fraction of sp³-hybridized carbons (Fsp3) is 1.00. The summed E-state index contributed by atoms with van der Waals surface area (Å²) in [6.07, 6.45) is 16.0. The molecule has 0 heterocycles. The van der Waals surface area contributed by atoms with Crippen LogP contribution in [0.15, 0.2) is 0 Å². The van der Waals surface area contributed by atoms with Gasteiger partial charge in [-0.25, -0.2) is 0 Å². The van der Waals surface area contributed by atoms with Crippen LogP contribution in [0.5, 0.6) is 0 Å². The second-order valence-electron chi connectivity index (χ2n) is 10.2. The number of hydrogen-bond donors (Lipinski definition) is 0. The predicted molar refractivity (Wildman–Crippen MR) is 140 cm³/mol. The Labute approximate surface area is 231 Å². The molecule has 0 aliphatic rings. The van der Waals surface area contributed by atoms with Crippen molar-refractivity contribution in [3.05, 3.63) is 0 Å². The number of halogens is 2. The summed E-state index contributed by atoms with van der Waals surface area (Å²) >= 11 is 0. The molecule has 204 valence electrons. The van der Waals surface area contributed by atoms with Gasteiger partial charge in [0.2, 0.25) is 0 Å². The lowest BCUT2D eigenvalue weighted by Crippen LogP contribution is -3.00. The van der Waals surface area contributed by atoms with Crippen molar-refractivity contribution >= 4 is 0 Å². The third kappa shape index (κ3) is 18.7. The highest BCUT2D eigenvalue weighted by Gasteiger charge is 2.27. The zero-order valence-corrected chi connectivity index (χ0v) is 26.8. The summed E-state index contributed by atoms with van der Waals surface area (Å²) in [7, 11) is 0. The maximum absolute atomic E-state index is 6.39. The monoisotopic (exact) mass is 600 g/mol. The van der Waals surface area contributed by atoms with Gasteiger partial charge < -0.3 is 47.7 Å². The fourth-order valence-electron chi connectivity index (χ4n) is 4.92. The molecule has 0 aliphatic heterocycles. The van der Waals surface area contributed by atoms with Crippen LogP contribution in [-0.4, -0.2) is 74.5 Å². The van der Waals surface area contributed by atoms with Gasteiger partial charge in [-0.3, -0.25) is 0 Å². The largest absolute Gasteiger partial charge is 1.00 e. The zero-order valence-electron chi connectivity index (χ0n) is 23.6. The first-order valence-electron chi connectivity index (χ1n) is 14.3. The van der Waals surface area contributed by atoms with Gasteiger partial charge in [-0.15, -0.1) is 0 Å². The minimum absolute atomic E-state index is 0. The standard InChI is InChI=1S/C28H62N2O.2BrH/c1-7-13-19-29(20-14-8-2,21-15-9-3)25-27-31-28-26-30(22-16-10-4,23-17-11-5)24-18-12-6;;/h7-28H2,1-6H3;2*1H/q+2;;/p-2. The molecule has 3 nitrogen and oxygen atoms in total. The van der Waals surface area contributed by atoms with E-state index >= 15 is 0 Å². The summed E-state index contributed by atoms with van der Waals surface area (Å²) in [6.45, 7) is 26.5. The van der Waals surface area contributed by atoms with Crippen LogP contribution in [0, 0.1) is 0 Å². The lowest BCUT2D eigenvalue weighted by Gasteiger charge is -2.40. The third-order valence-electron chi connectivity index (χ3n) is 7.34. The minimum Gasteiger partial charge on any atom is -1.00 e.